The zero-order valence-corrected chi connectivity index (χ0v) is 17.1. The Hall–Kier alpha value is -1.86. The van der Waals surface area contributed by atoms with Crippen LogP contribution in [0.4, 0.5) is 4.39 Å². The molecule has 1 heterocycles. The first-order valence-corrected chi connectivity index (χ1v) is 10.7. The van der Waals surface area contributed by atoms with E-state index < -0.39 is 5.82 Å². The summed E-state index contributed by atoms with van der Waals surface area (Å²) in [4.78, 5) is 24.9. The molecule has 1 aromatic rings. The summed E-state index contributed by atoms with van der Waals surface area (Å²) in [6.07, 6.45) is 4.55. The van der Waals surface area contributed by atoms with Gasteiger partial charge in [-0.15, -0.1) is 0 Å². The number of benzene rings is 1. The Bertz CT molecular complexity index is 778. The molecule has 158 valence electrons. The summed E-state index contributed by atoms with van der Waals surface area (Å²) >= 11 is 5.64. The van der Waals surface area contributed by atoms with Crippen molar-refractivity contribution in [3.8, 4) is 5.75 Å². The zero-order chi connectivity index (χ0) is 20.4. The van der Waals surface area contributed by atoms with Gasteiger partial charge in [-0.3, -0.25) is 9.59 Å². The monoisotopic (exact) mass is 423 g/mol. The van der Waals surface area contributed by atoms with E-state index >= 15 is 0 Å². The smallest absolute Gasteiger partial charge is 0.258 e. The van der Waals surface area contributed by atoms with Crippen molar-refractivity contribution in [3.63, 3.8) is 0 Å². The first kappa shape index (κ1) is 20.4. The fourth-order valence-corrected chi connectivity index (χ4v) is 5.07. The molecule has 29 heavy (non-hydrogen) atoms. The van der Waals surface area contributed by atoms with Crippen LogP contribution in [0.5, 0.6) is 5.75 Å². The quantitative estimate of drug-likeness (QED) is 0.628. The van der Waals surface area contributed by atoms with Crippen LogP contribution in [-0.4, -0.2) is 43.6 Å². The number of ether oxygens (including phenoxy) is 1. The van der Waals surface area contributed by atoms with E-state index in [0.29, 0.717) is 18.3 Å². The number of piperidine rings is 1. The number of carbonyl (C=O) groups excluding carboxylic acids is 2. The van der Waals surface area contributed by atoms with Crippen molar-refractivity contribution in [2.24, 2.45) is 17.8 Å². The molecule has 0 spiro atoms. The van der Waals surface area contributed by atoms with Gasteiger partial charge in [-0.2, -0.15) is 0 Å². The van der Waals surface area contributed by atoms with Crippen molar-refractivity contribution in [3.05, 3.63) is 29.0 Å². The maximum atomic E-state index is 13.4. The predicted molar refractivity (Wildman–Crippen MR) is 107 cm³/mol. The van der Waals surface area contributed by atoms with Crippen molar-refractivity contribution in [2.45, 2.75) is 37.6 Å². The highest BCUT2D eigenvalue weighted by Crippen LogP contribution is 2.55. The zero-order valence-electron chi connectivity index (χ0n) is 16.3. The van der Waals surface area contributed by atoms with Gasteiger partial charge in [0.1, 0.15) is 11.6 Å². The Balaban J connectivity index is 1.21. The van der Waals surface area contributed by atoms with Crippen LogP contribution in [0.2, 0.25) is 5.02 Å². The van der Waals surface area contributed by atoms with Crippen LogP contribution in [-0.2, 0) is 9.59 Å². The number of hydrogen-bond donors (Lipinski definition) is 3. The third-order valence-electron chi connectivity index (χ3n) is 6.51. The van der Waals surface area contributed by atoms with Crippen molar-refractivity contribution < 1.29 is 18.7 Å². The van der Waals surface area contributed by atoms with E-state index in [1.165, 1.54) is 12.1 Å². The second kappa shape index (κ2) is 8.48. The van der Waals surface area contributed by atoms with Gasteiger partial charge in [-0.1, -0.05) is 11.6 Å². The Morgan fingerprint density at radius 2 is 2.00 bits per heavy atom. The minimum absolute atomic E-state index is 0.0108. The molecule has 3 aliphatic carbocycles. The molecule has 3 N–H and O–H groups in total. The molecule has 6 nitrogen and oxygen atoms in total. The molecule has 0 unspecified atom stereocenters. The van der Waals surface area contributed by atoms with E-state index in [0.717, 1.165) is 51.4 Å². The van der Waals surface area contributed by atoms with E-state index in [2.05, 4.69) is 16.0 Å². The largest absolute Gasteiger partial charge is 0.484 e. The number of nitrogens with one attached hydrogen (secondary N) is 3. The van der Waals surface area contributed by atoms with E-state index in [1.807, 2.05) is 0 Å². The summed E-state index contributed by atoms with van der Waals surface area (Å²) < 4.78 is 18.8. The SMILES string of the molecule is O=C(COc1ccc(Cl)c(F)c1)NC12CC(C1)[C@@H](C(=O)NCC1CCNCC1)C2. The molecule has 8 heteroatoms. The Labute approximate surface area is 174 Å². The summed E-state index contributed by atoms with van der Waals surface area (Å²) in [5.74, 6) is 0.411. The minimum atomic E-state index is -0.584. The lowest BCUT2D eigenvalue weighted by Gasteiger charge is -2.39. The lowest BCUT2D eigenvalue weighted by atomic mass is 9.76. The molecule has 1 saturated heterocycles. The van der Waals surface area contributed by atoms with Gasteiger partial charge >= 0.3 is 0 Å². The van der Waals surface area contributed by atoms with Crippen LogP contribution in [0.1, 0.15) is 32.1 Å². The lowest BCUT2D eigenvalue weighted by Crippen LogP contribution is -2.53. The number of carbonyl (C=O) groups is 2. The van der Waals surface area contributed by atoms with Gasteiger partial charge < -0.3 is 20.7 Å². The van der Waals surface area contributed by atoms with Gasteiger partial charge in [0.2, 0.25) is 5.91 Å². The standard InChI is InChI=1S/C21H27ClFN3O3/c22-17-2-1-15(7-18(17)23)29-12-19(27)26-21-8-14(9-21)16(10-21)20(28)25-11-13-3-5-24-6-4-13/h1-2,7,13-14,16,24H,3-6,8-12H2,(H,25,28)(H,26,27)/t14?,16-,21?/m0/s1. The van der Waals surface area contributed by atoms with Gasteiger partial charge in [0.25, 0.3) is 5.91 Å². The van der Waals surface area contributed by atoms with E-state index in [9.17, 15) is 14.0 Å². The van der Waals surface area contributed by atoms with E-state index in [4.69, 9.17) is 16.3 Å². The lowest BCUT2D eigenvalue weighted by molar-refractivity contribution is -0.126. The van der Waals surface area contributed by atoms with E-state index in [-0.39, 0.29) is 40.7 Å². The van der Waals surface area contributed by atoms with Crippen LogP contribution < -0.4 is 20.7 Å². The number of fused-ring (bicyclic) bond motifs is 1. The number of amides is 2. The van der Waals surface area contributed by atoms with Gasteiger partial charge in [0.15, 0.2) is 6.61 Å². The number of halogens is 2. The second-order valence-corrected chi connectivity index (χ2v) is 9.02. The molecule has 2 amide bonds. The van der Waals surface area contributed by atoms with Gasteiger partial charge in [-0.05, 0) is 69.2 Å². The highest BCUT2D eigenvalue weighted by atomic mass is 35.5. The van der Waals surface area contributed by atoms with Crippen molar-refractivity contribution >= 4 is 23.4 Å². The molecule has 5 rings (SSSR count). The average molecular weight is 424 g/mol. The fraction of sp³-hybridized carbons (Fsp3) is 0.619. The molecule has 2 bridgehead atoms. The van der Waals surface area contributed by atoms with E-state index in [1.54, 1.807) is 0 Å². The topological polar surface area (TPSA) is 79.5 Å². The molecule has 1 atom stereocenters. The van der Waals surface area contributed by atoms with Crippen LogP contribution in [0.3, 0.4) is 0 Å². The molecule has 0 radical (unpaired) electrons. The van der Waals surface area contributed by atoms with Gasteiger partial charge in [-0.25, -0.2) is 4.39 Å². The Morgan fingerprint density at radius 1 is 1.24 bits per heavy atom. The summed E-state index contributed by atoms with van der Waals surface area (Å²) in [5.41, 5.74) is -0.298. The average Bonchev–Trinajstić information content (AvgIpc) is 3.23. The number of hydrogen-bond acceptors (Lipinski definition) is 4. The second-order valence-electron chi connectivity index (χ2n) is 8.61. The fourth-order valence-electron chi connectivity index (χ4n) is 4.95. The first-order chi connectivity index (χ1) is 13.9. The number of rotatable bonds is 7. The predicted octanol–water partition coefficient (Wildman–Crippen LogP) is 2.26. The summed E-state index contributed by atoms with van der Waals surface area (Å²) in [7, 11) is 0. The molecule has 1 aliphatic heterocycles. The summed E-state index contributed by atoms with van der Waals surface area (Å²) in [6, 6.07) is 4.07. The van der Waals surface area contributed by atoms with Crippen molar-refractivity contribution in [2.75, 3.05) is 26.2 Å². The molecule has 4 fully saturated rings. The first-order valence-electron chi connectivity index (χ1n) is 10.3. The molecule has 1 aromatic carbocycles. The highest BCUT2D eigenvalue weighted by Gasteiger charge is 2.58. The molecule has 4 aliphatic rings. The van der Waals surface area contributed by atoms with Gasteiger partial charge in [0.05, 0.1) is 5.02 Å². The minimum Gasteiger partial charge on any atom is -0.484 e. The molecular weight excluding hydrogens is 397 g/mol. The van der Waals surface area contributed by atoms with Crippen LogP contribution in [0.15, 0.2) is 18.2 Å². The third-order valence-corrected chi connectivity index (χ3v) is 6.82. The van der Waals surface area contributed by atoms with Crippen LogP contribution in [0.25, 0.3) is 0 Å². The normalized spacial score (nSPS) is 28.5. The molecule has 0 aromatic heterocycles. The highest BCUT2D eigenvalue weighted by molar-refractivity contribution is 6.30. The Kier molecular flexibility index (Phi) is 5.97. The maximum Gasteiger partial charge on any atom is 0.258 e. The summed E-state index contributed by atoms with van der Waals surface area (Å²) in [5, 5.41) is 9.51. The van der Waals surface area contributed by atoms with Crippen molar-refractivity contribution in [1.82, 2.24) is 16.0 Å². The Morgan fingerprint density at radius 3 is 2.72 bits per heavy atom. The molecule has 3 saturated carbocycles. The summed E-state index contributed by atoms with van der Waals surface area (Å²) in [6.45, 7) is 2.59. The molecular formula is C21H27ClFN3O3. The van der Waals surface area contributed by atoms with Crippen LogP contribution in [0, 0.1) is 23.6 Å². The third kappa shape index (κ3) is 4.67. The maximum absolute atomic E-state index is 13.4. The van der Waals surface area contributed by atoms with Crippen LogP contribution >= 0.6 is 11.6 Å². The van der Waals surface area contributed by atoms with Crippen molar-refractivity contribution in [1.29, 1.82) is 0 Å². The van der Waals surface area contributed by atoms with Gasteiger partial charge in [0, 0.05) is 24.1 Å².